The fourth-order valence-corrected chi connectivity index (χ4v) is 2.20. The summed E-state index contributed by atoms with van der Waals surface area (Å²) in [6, 6.07) is 8.68. The number of nitrogens with one attached hydrogen (secondary N) is 1. The minimum atomic E-state index is -0.584. The van der Waals surface area contributed by atoms with Crippen LogP contribution in [0.4, 0.5) is 5.69 Å². The molecule has 0 spiro atoms. The van der Waals surface area contributed by atoms with Gasteiger partial charge in [-0.1, -0.05) is 18.2 Å². The summed E-state index contributed by atoms with van der Waals surface area (Å²) in [5, 5.41) is 7.21. The number of aryl methyl sites for hydroxylation is 1. The van der Waals surface area contributed by atoms with Crippen LogP contribution >= 0.6 is 0 Å². The van der Waals surface area contributed by atoms with Crippen LogP contribution in [0, 0.1) is 6.92 Å². The quantitative estimate of drug-likeness (QED) is 0.615. The van der Waals surface area contributed by atoms with Crippen LogP contribution in [0.5, 0.6) is 0 Å². The first-order valence-corrected chi connectivity index (χ1v) is 7.68. The summed E-state index contributed by atoms with van der Waals surface area (Å²) in [4.78, 5) is 24.6. The van der Waals surface area contributed by atoms with Gasteiger partial charge in [0.25, 0.3) is 5.56 Å². The Balaban J connectivity index is 2.51. The number of ether oxygens (including phenoxy) is 2. The smallest absolute Gasteiger partial charge is 0.360 e. The maximum Gasteiger partial charge on any atom is 0.360 e. The van der Waals surface area contributed by atoms with Crippen molar-refractivity contribution in [2.45, 2.75) is 13.8 Å². The van der Waals surface area contributed by atoms with Crippen molar-refractivity contribution < 1.29 is 14.3 Å². The van der Waals surface area contributed by atoms with Gasteiger partial charge in [-0.15, -0.1) is 0 Å². The van der Waals surface area contributed by atoms with Crippen LogP contribution in [0.2, 0.25) is 0 Å². The number of rotatable bonds is 7. The Bertz CT molecular complexity index is 771. The summed E-state index contributed by atoms with van der Waals surface area (Å²) in [5.74, 6) is -0.584. The Morgan fingerprint density at radius 1 is 1.33 bits per heavy atom. The van der Waals surface area contributed by atoms with Gasteiger partial charge in [-0.3, -0.25) is 4.79 Å². The Labute approximate surface area is 140 Å². The van der Waals surface area contributed by atoms with Gasteiger partial charge in [-0.25, -0.2) is 4.79 Å². The highest BCUT2D eigenvalue weighted by molar-refractivity contribution is 5.93. The summed E-state index contributed by atoms with van der Waals surface area (Å²) >= 11 is 0. The number of hydrogen-bond acceptors (Lipinski definition) is 6. The van der Waals surface area contributed by atoms with Crippen molar-refractivity contribution in [3.63, 3.8) is 0 Å². The molecular formula is C17H21N3O4. The highest BCUT2D eigenvalue weighted by Gasteiger charge is 2.18. The van der Waals surface area contributed by atoms with E-state index in [1.165, 1.54) is 10.7 Å². The van der Waals surface area contributed by atoms with Gasteiger partial charge in [-0.2, -0.15) is 9.78 Å². The number of anilines is 1. The number of hydrogen-bond donors (Lipinski definition) is 1. The second-order valence-electron chi connectivity index (χ2n) is 5.08. The van der Waals surface area contributed by atoms with Crippen LogP contribution in [-0.4, -0.2) is 42.6 Å². The van der Waals surface area contributed by atoms with E-state index in [0.717, 1.165) is 5.56 Å². The van der Waals surface area contributed by atoms with Gasteiger partial charge in [0, 0.05) is 19.7 Å². The lowest BCUT2D eigenvalue weighted by atomic mass is 10.2. The van der Waals surface area contributed by atoms with E-state index in [1.54, 1.807) is 20.1 Å². The summed E-state index contributed by atoms with van der Waals surface area (Å²) in [7, 11) is 1.57. The number of carbonyl (C=O) groups is 1. The molecule has 1 heterocycles. The molecule has 0 unspecified atom stereocenters. The summed E-state index contributed by atoms with van der Waals surface area (Å²) in [6.07, 6.45) is 0. The van der Waals surface area contributed by atoms with E-state index in [0.29, 0.717) is 24.5 Å². The predicted molar refractivity (Wildman–Crippen MR) is 90.9 cm³/mol. The van der Waals surface area contributed by atoms with E-state index in [1.807, 2.05) is 25.1 Å². The molecule has 0 saturated heterocycles. The van der Waals surface area contributed by atoms with Crippen LogP contribution in [0.3, 0.4) is 0 Å². The monoisotopic (exact) mass is 331 g/mol. The normalized spacial score (nSPS) is 10.5. The fraction of sp³-hybridized carbons (Fsp3) is 0.353. The van der Waals surface area contributed by atoms with E-state index in [9.17, 15) is 9.59 Å². The molecular weight excluding hydrogens is 310 g/mol. The molecule has 0 bridgehead atoms. The van der Waals surface area contributed by atoms with Crippen molar-refractivity contribution in [2.24, 2.45) is 0 Å². The third-order valence-corrected chi connectivity index (χ3v) is 3.37. The van der Waals surface area contributed by atoms with E-state index in [4.69, 9.17) is 9.47 Å². The zero-order valence-corrected chi connectivity index (χ0v) is 14.0. The Hall–Kier alpha value is -2.67. The van der Waals surface area contributed by atoms with E-state index in [-0.39, 0.29) is 17.9 Å². The molecule has 2 rings (SSSR count). The number of methoxy groups -OCH3 is 1. The van der Waals surface area contributed by atoms with E-state index >= 15 is 0 Å². The molecule has 0 aliphatic rings. The minimum Gasteiger partial charge on any atom is -0.461 e. The van der Waals surface area contributed by atoms with Crippen LogP contribution in [0.1, 0.15) is 23.0 Å². The molecule has 2 aromatic rings. The van der Waals surface area contributed by atoms with Crippen molar-refractivity contribution in [3.8, 4) is 5.69 Å². The van der Waals surface area contributed by atoms with Gasteiger partial charge in [0.15, 0.2) is 5.69 Å². The van der Waals surface area contributed by atoms with E-state index < -0.39 is 5.97 Å². The first kappa shape index (κ1) is 17.7. The third kappa shape index (κ3) is 3.99. The van der Waals surface area contributed by atoms with Gasteiger partial charge in [0.05, 0.1) is 24.6 Å². The van der Waals surface area contributed by atoms with Crippen molar-refractivity contribution in [1.29, 1.82) is 0 Å². The molecule has 0 aliphatic heterocycles. The molecule has 0 atom stereocenters. The number of para-hydroxylation sites is 1. The van der Waals surface area contributed by atoms with Crippen LogP contribution in [0.25, 0.3) is 5.69 Å². The minimum absolute atomic E-state index is 0.0656. The number of esters is 1. The standard InChI is InChI=1S/C17H21N3O4/c1-4-24-17(22)16-13(18-9-10-23-3)11-15(21)20(19-16)14-8-6-5-7-12(14)2/h5-8,11,18H,4,9-10H2,1-3H3. The van der Waals surface area contributed by atoms with Gasteiger partial charge in [-0.05, 0) is 25.5 Å². The van der Waals surface area contributed by atoms with E-state index in [2.05, 4.69) is 10.4 Å². The molecule has 0 saturated carbocycles. The topological polar surface area (TPSA) is 82.5 Å². The second-order valence-corrected chi connectivity index (χ2v) is 5.08. The van der Waals surface area contributed by atoms with Crippen molar-refractivity contribution in [2.75, 3.05) is 32.2 Å². The molecule has 0 aliphatic carbocycles. The maximum absolute atomic E-state index is 12.4. The first-order valence-electron chi connectivity index (χ1n) is 7.68. The summed E-state index contributed by atoms with van der Waals surface area (Å²) in [5.41, 5.74) is 1.56. The molecule has 1 N–H and O–H groups in total. The lowest BCUT2D eigenvalue weighted by Gasteiger charge is -2.13. The molecule has 1 aromatic carbocycles. The van der Waals surface area contributed by atoms with Gasteiger partial charge in [0.2, 0.25) is 0 Å². The maximum atomic E-state index is 12.4. The number of benzene rings is 1. The van der Waals surface area contributed by atoms with Crippen molar-refractivity contribution >= 4 is 11.7 Å². The molecule has 24 heavy (non-hydrogen) atoms. The number of nitrogens with zero attached hydrogens (tertiary/aromatic N) is 2. The SMILES string of the molecule is CCOC(=O)c1nn(-c2ccccc2C)c(=O)cc1NCCOC. The zero-order chi connectivity index (χ0) is 17.5. The molecule has 0 amide bonds. The Kier molecular flexibility index (Phi) is 6.08. The number of carbonyl (C=O) groups excluding carboxylic acids is 1. The summed E-state index contributed by atoms with van der Waals surface area (Å²) in [6.45, 7) is 4.69. The first-order chi connectivity index (χ1) is 11.6. The highest BCUT2D eigenvalue weighted by atomic mass is 16.5. The third-order valence-electron chi connectivity index (χ3n) is 3.37. The lowest BCUT2D eigenvalue weighted by molar-refractivity contribution is 0.0518. The van der Waals surface area contributed by atoms with Gasteiger partial charge in [0.1, 0.15) is 0 Å². The fourth-order valence-electron chi connectivity index (χ4n) is 2.20. The highest BCUT2D eigenvalue weighted by Crippen LogP contribution is 2.15. The predicted octanol–water partition coefficient (Wildman–Crippen LogP) is 1.78. The van der Waals surface area contributed by atoms with Crippen LogP contribution in [0.15, 0.2) is 35.1 Å². The largest absolute Gasteiger partial charge is 0.461 e. The average Bonchev–Trinajstić information content (AvgIpc) is 2.56. The van der Waals surface area contributed by atoms with Crippen LogP contribution < -0.4 is 10.9 Å². The number of aromatic nitrogens is 2. The average molecular weight is 331 g/mol. The molecule has 0 radical (unpaired) electrons. The Morgan fingerprint density at radius 2 is 2.08 bits per heavy atom. The second kappa shape index (κ2) is 8.26. The molecule has 128 valence electrons. The zero-order valence-electron chi connectivity index (χ0n) is 14.0. The molecule has 7 nitrogen and oxygen atoms in total. The van der Waals surface area contributed by atoms with Crippen molar-refractivity contribution in [3.05, 3.63) is 51.9 Å². The molecule has 0 fully saturated rings. The van der Waals surface area contributed by atoms with Gasteiger partial charge >= 0.3 is 5.97 Å². The van der Waals surface area contributed by atoms with Gasteiger partial charge < -0.3 is 14.8 Å². The molecule has 1 aromatic heterocycles. The molecule has 7 heteroatoms. The lowest BCUT2D eigenvalue weighted by Crippen LogP contribution is -2.27. The van der Waals surface area contributed by atoms with Crippen LogP contribution in [-0.2, 0) is 9.47 Å². The Morgan fingerprint density at radius 3 is 2.75 bits per heavy atom. The summed E-state index contributed by atoms with van der Waals surface area (Å²) < 4.78 is 11.2. The van der Waals surface area contributed by atoms with Crippen molar-refractivity contribution in [1.82, 2.24) is 9.78 Å².